The number of hydrogen-bond donors (Lipinski definition) is 2. The van der Waals surface area contributed by atoms with Crippen molar-refractivity contribution in [1.29, 1.82) is 0 Å². The fourth-order valence-corrected chi connectivity index (χ4v) is 5.91. The first-order chi connectivity index (χ1) is 21.9. The number of anilines is 2. The molecule has 0 aliphatic carbocycles. The van der Waals surface area contributed by atoms with E-state index in [1.165, 1.54) is 31.3 Å². The van der Waals surface area contributed by atoms with Gasteiger partial charge in [-0.3, -0.25) is 4.79 Å². The lowest BCUT2D eigenvalue weighted by molar-refractivity contribution is -0.284. The quantitative estimate of drug-likeness (QED) is 0.233. The van der Waals surface area contributed by atoms with Crippen LogP contribution in [-0.2, 0) is 16.6 Å². The highest BCUT2D eigenvalue weighted by molar-refractivity contribution is 6.32. The standard InChI is InChI=1S/C28H23ClF8N8O2/c1-25(14-2-3-15(29)18(46)10-14)19-21(43-24(25)47)41-20(42-23(19)44-8-5-13(6-9-44)27(32,33)34)17-11-45-22(38-12-39-45)16(40-17)4-7-26(30,31)28(35,36)37/h2-3,10-13,46H,4-9H2,1H3,(H,41,42,43,47). The van der Waals surface area contributed by atoms with Crippen molar-refractivity contribution < 1.29 is 45.0 Å². The minimum atomic E-state index is -5.79. The zero-order chi connectivity index (χ0) is 34.1. The number of halogens is 9. The third kappa shape index (κ3) is 5.65. The van der Waals surface area contributed by atoms with Crippen LogP contribution in [0.15, 0.2) is 30.7 Å². The number of piperidine rings is 1. The van der Waals surface area contributed by atoms with Crippen LogP contribution in [-0.4, -0.2) is 71.9 Å². The average Bonchev–Trinajstić information content (AvgIpc) is 3.58. The van der Waals surface area contributed by atoms with Gasteiger partial charge >= 0.3 is 18.3 Å². The van der Waals surface area contributed by atoms with Gasteiger partial charge in [-0.05, 0) is 43.9 Å². The van der Waals surface area contributed by atoms with E-state index in [-0.39, 0.29) is 82.3 Å². The topological polar surface area (TPSA) is 121 Å². The number of hydrogen-bond acceptors (Lipinski definition) is 8. The van der Waals surface area contributed by atoms with Gasteiger partial charge in [0.15, 0.2) is 11.5 Å². The molecule has 2 N–H and O–H groups in total. The van der Waals surface area contributed by atoms with Gasteiger partial charge in [-0.2, -0.15) is 40.2 Å². The van der Waals surface area contributed by atoms with Crippen LogP contribution >= 0.6 is 11.6 Å². The lowest BCUT2D eigenvalue weighted by Gasteiger charge is -2.36. The Balaban J connectivity index is 1.48. The summed E-state index contributed by atoms with van der Waals surface area (Å²) in [5.74, 6) is -7.73. The lowest BCUT2D eigenvalue weighted by atomic mass is 9.77. The molecular formula is C28H23ClF8N8O2. The van der Waals surface area contributed by atoms with Crippen molar-refractivity contribution in [2.45, 2.75) is 56.3 Å². The van der Waals surface area contributed by atoms with Gasteiger partial charge in [-0.15, -0.1) is 0 Å². The predicted molar refractivity (Wildman–Crippen MR) is 150 cm³/mol. The Labute approximate surface area is 264 Å². The van der Waals surface area contributed by atoms with Crippen molar-refractivity contribution in [3.8, 4) is 17.3 Å². The molecule has 0 radical (unpaired) electrons. The minimum Gasteiger partial charge on any atom is -0.506 e. The molecule has 47 heavy (non-hydrogen) atoms. The predicted octanol–water partition coefficient (Wildman–Crippen LogP) is 6.11. The highest BCUT2D eigenvalue weighted by Crippen LogP contribution is 2.49. The monoisotopic (exact) mass is 690 g/mol. The maximum Gasteiger partial charge on any atom is 0.453 e. The summed E-state index contributed by atoms with van der Waals surface area (Å²) < 4.78 is 108. The number of phenols is 1. The first-order valence-electron chi connectivity index (χ1n) is 14.1. The summed E-state index contributed by atoms with van der Waals surface area (Å²) >= 11 is 5.99. The molecule has 3 aromatic heterocycles. The second-order valence-electron chi connectivity index (χ2n) is 11.4. The van der Waals surface area contributed by atoms with E-state index in [2.05, 4.69) is 30.4 Å². The molecule has 1 aromatic carbocycles. The number of rotatable bonds is 6. The van der Waals surface area contributed by atoms with Crippen molar-refractivity contribution >= 4 is 34.8 Å². The van der Waals surface area contributed by atoms with Crippen LogP contribution in [0.4, 0.5) is 46.8 Å². The van der Waals surface area contributed by atoms with E-state index in [1.54, 1.807) is 4.90 Å². The van der Waals surface area contributed by atoms with E-state index >= 15 is 0 Å². The molecule has 5 heterocycles. The van der Waals surface area contributed by atoms with Gasteiger partial charge in [0.2, 0.25) is 5.91 Å². The second kappa shape index (κ2) is 11.1. The number of nitrogens with zero attached hydrogens (tertiary/aromatic N) is 7. The maximum atomic E-state index is 13.8. The largest absolute Gasteiger partial charge is 0.506 e. The van der Waals surface area contributed by atoms with Crippen LogP contribution in [0.25, 0.3) is 17.2 Å². The van der Waals surface area contributed by atoms with E-state index in [4.69, 9.17) is 11.6 Å². The number of benzene rings is 1. The molecule has 1 unspecified atom stereocenters. The molecule has 1 amide bonds. The van der Waals surface area contributed by atoms with E-state index < -0.39 is 48.4 Å². The van der Waals surface area contributed by atoms with Crippen LogP contribution in [0.1, 0.15) is 43.0 Å². The van der Waals surface area contributed by atoms with E-state index in [0.29, 0.717) is 0 Å². The normalized spacial score (nSPS) is 19.4. The van der Waals surface area contributed by atoms with Crippen LogP contribution in [0.3, 0.4) is 0 Å². The highest BCUT2D eigenvalue weighted by Gasteiger charge is 2.57. The molecular weight excluding hydrogens is 668 g/mol. The van der Waals surface area contributed by atoms with Crippen molar-refractivity contribution in [1.82, 2.24) is 29.5 Å². The second-order valence-corrected chi connectivity index (χ2v) is 11.9. The summed E-state index contributed by atoms with van der Waals surface area (Å²) in [7, 11) is 0. The van der Waals surface area contributed by atoms with Crippen LogP contribution < -0.4 is 10.2 Å². The van der Waals surface area contributed by atoms with Gasteiger partial charge in [0.1, 0.15) is 34.8 Å². The number of aromatic hydroxyl groups is 1. The number of aromatic nitrogens is 6. The van der Waals surface area contributed by atoms with Gasteiger partial charge in [-0.1, -0.05) is 17.7 Å². The van der Waals surface area contributed by atoms with Crippen molar-refractivity contribution in [3.05, 3.63) is 52.6 Å². The smallest absolute Gasteiger partial charge is 0.453 e. The minimum absolute atomic E-state index is 0.00963. The zero-order valence-corrected chi connectivity index (χ0v) is 24.9. The van der Waals surface area contributed by atoms with E-state index in [1.807, 2.05) is 0 Å². The van der Waals surface area contributed by atoms with Gasteiger partial charge in [0.05, 0.1) is 28.4 Å². The van der Waals surface area contributed by atoms with Gasteiger partial charge in [-0.25, -0.2) is 24.5 Å². The van der Waals surface area contributed by atoms with Crippen molar-refractivity contribution in [2.24, 2.45) is 5.92 Å². The number of carbonyl (C=O) groups is 1. The molecule has 0 spiro atoms. The summed E-state index contributed by atoms with van der Waals surface area (Å²) in [6, 6.07) is 4.13. The summed E-state index contributed by atoms with van der Waals surface area (Å²) in [5, 5.41) is 16.9. The number of nitrogens with one attached hydrogen (secondary N) is 1. The zero-order valence-electron chi connectivity index (χ0n) is 24.1. The SMILES string of the molecule is CC1(c2ccc(Cl)c(O)c2)C(=O)Nc2nc(-c3cn4ncnc4c(CCC(F)(F)C(F)(F)F)n3)nc(N3CCC(C(F)(F)F)CC3)c21. The molecule has 1 atom stereocenters. The number of alkyl halides is 8. The number of fused-ring (bicyclic) bond motifs is 2. The third-order valence-electron chi connectivity index (χ3n) is 8.51. The molecule has 250 valence electrons. The molecule has 0 saturated carbocycles. The lowest BCUT2D eigenvalue weighted by Crippen LogP contribution is -2.41. The molecule has 10 nitrogen and oxygen atoms in total. The molecule has 1 saturated heterocycles. The van der Waals surface area contributed by atoms with Gasteiger partial charge in [0, 0.05) is 19.5 Å². The van der Waals surface area contributed by atoms with Crippen LogP contribution in [0.2, 0.25) is 5.02 Å². The maximum absolute atomic E-state index is 13.8. The number of carbonyl (C=O) groups excluding carboxylic acids is 1. The molecule has 6 rings (SSSR count). The van der Waals surface area contributed by atoms with Crippen molar-refractivity contribution in [2.75, 3.05) is 23.3 Å². The summed E-state index contributed by atoms with van der Waals surface area (Å²) in [6.45, 7) is 1.29. The molecule has 0 bridgehead atoms. The Kier molecular flexibility index (Phi) is 7.71. The fourth-order valence-electron chi connectivity index (χ4n) is 5.79. The molecule has 1 fully saturated rings. The summed E-state index contributed by atoms with van der Waals surface area (Å²) in [4.78, 5) is 32.3. The third-order valence-corrected chi connectivity index (χ3v) is 8.83. The Morgan fingerprint density at radius 1 is 1.06 bits per heavy atom. The Hall–Kier alpha value is -4.35. The fraction of sp³-hybridized carbons (Fsp3) is 0.429. The highest BCUT2D eigenvalue weighted by atomic mass is 35.5. The van der Waals surface area contributed by atoms with Gasteiger partial charge in [0.25, 0.3) is 0 Å². The molecule has 2 aliphatic heterocycles. The Morgan fingerprint density at radius 3 is 2.40 bits per heavy atom. The average molecular weight is 691 g/mol. The molecule has 4 aromatic rings. The molecule has 19 heteroatoms. The summed E-state index contributed by atoms with van der Waals surface area (Å²) in [6.07, 6.45) is -11.0. The first-order valence-corrected chi connectivity index (χ1v) is 14.5. The van der Waals surface area contributed by atoms with Crippen LogP contribution in [0, 0.1) is 5.92 Å². The van der Waals surface area contributed by atoms with E-state index in [0.717, 1.165) is 10.8 Å². The van der Waals surface area contributed by atoms with Crippen molar-refractivity contribution in [3.63, 3.8) is 0 Å². The molecule has 2 aliphatic rings. The summed E-state index contributed by atoms with van der Waals surface area (Å²) in [5.41, 5.74) is -1.62. The Morgan fingerprint density at radius 2 is 1.77 bits per heavy atom. The van der Waals surface area contributed by atoms with E-state index in [9.17, 15) is 45.0 Å². The van der Waals surface area contributed by atoms with Crippen LogP contribution in [0.5, 0.6) is 5.75 Å². The number of amides is 1. The number of aryl methyl sites for hydroxylation is 1. The number of phenolic OH excluding ortho intramolecular Hbond substituents is 1. The first kappa shape index (κ1) is 32.6. The Bertz CT molecular complexity index is 1870. The van der Waals surface area contributed by atoms with Gasteiger partial charge < -0.3 is 15.3 Å².